The van der Waals surface area contributed by atoms with Crippen molar-refractivity contribution in [1.29, 1.82) is 0 Å². The molecule has 8 heteroatoms. The molecule has 0 saturated carbocycles. The molecule has 0 spiro atoms. The molecule has 2 rings (SSSR count). The first-order valence-electron chi connectivity index (χ1n) is 5.77. The van der Waals surface area contributed by atoms with E-state index >= 15 is 0 Å². The van der Waals surface area contributed by atoms with Gasteiger partial charge in [0.1, 0.15) is 5.75 Å². The van der Waals surface area contributed by atoms with E-state index in [1.165, 1.54) is 42.5 Å². The van der Waals surface area contributed by atoms with Crippen LogP contribution >= 0.6 is 11.6 Å². The summed E-state index contributed by atoms with van der Waals surface area (Å²) < 4.78 is 23.9. The third-order valence-electron chi connectivity index (χ3n) is 2.56. The van der Waals surface area contributed by atoms with Gasteiger partial charge in [0.05, 0.1) is 11.1 Å². The van der Waals surface area contributed by atoms with Gasteiger partial charge in [0.25, 0.3) is 10.0 Å². The fraction of sp³-hybridized carbons (Fsp3) is 0. The monoisotopic (exact) mass is 325 g/mol. The number of nitrogens with two attached hydrogens (primary N) is 1. The molecule has 0 amide bonds. The van der Waals surface area contributed by atoms with Gasteiger partial charge in [0.2, 0.25) is 0 Å². The Kier molecular flexibility index (Phi) is 4.35. The summed E-state index contributed by atoms with van der Waals surface area (Å²) in [6.45, 7) is 0. The highest BCUT2D eigenvalue weighted by Gasteiger charge is 2.12. The highest BCUT2D eigenvalue weighted by molar-refractivity contribution is 7.89. The maximum Gasteiger partial charge on any atom is 0.276 e. The van der Waals surface area contributed by atoms with Crippen LogP contribution in [0.4, 0.5) is 5.69 Å². The van der Waals surface area contributed by atoms with E-state index in [0.29, 0.717) is 16.3 Å². The number of hydrogen-bond acceptors (Lipinski definition) is 5. The number of benzene rings is 2. The van der Waals surface area contributed by atoms with Gasteiger partial charge in [0, 0.05) is 16.3 Å². The van der Waals surface area contributed by atoms with E-state index in [2.05, 4.69) is 5.10 Å². The molecule has 0 bridgehead atoms. The van der Waals surface area contributed by atoms with Gasteiger partial charge in [0.15, 0.2) is 0 Å². The van der Waals surface area contributed by atoms with E-state index in [9.17, 15) is 13.5 Å². The van der Waals surface area contributed by atoms with Crippen LogP contribution in [0.25, 0.3) is 0 Å². The largest absolute Gasteiger partial charge is 0.507 e. The number of phenols is 1. The number of anilines is 1. The summed E-state index contributed by atoms with van der Waals surface area (Å²) in [6, 6.07) is 10.0. The quantitative estimate of drug-likeness (QED) is 0.454. The zero-order valence-corrected chi connectivity index (χ0v) is 12.3. The highest BCUT2D eigenvalue weighted by atomic mass is 35.5. The van der Waals surface area contributed by atoms with Crippen molar-refractivity contribution in [3.8, 4) is 5.75 Å². The van der Waals surface area contributed by atoms with Gasteiger partial charge < -0.3 is 10.8 Å². The van der Waals surface area contributed by atoms with Crippen molar-refractivity contribution >= 4 is 33.5 Å². The van der Waals surface area contributed by atoms with E-state index in [-0.39, 0.29) is 10.6 Å². The Morgan fingerprint density at radius 2 is 1.86 bits per heavy atom. The smallest absolute Gasteiger partial charge is 0.276 e. The number of aromatic hydroxyl groups is 1. The normalized spacial score (nSPS) is 11.7. The van der Waals surface area contributed by atoms with Crippen molar-refractivity contribution in [2.24, 2.45) is 5.10 Å². The fourth-order valence-electron chi connectivity index (χ4n) is 1.49. The van der Waals surface area contributed by atoms with E-state index < -0.39 is 10.0 Å². The number of hydrazone groups is 1. The number of nitrogens with one attached hydrogen (secondary N) is 1. The number of phenolic OH excluding ortho intramolecular Hbond substituents is 1. The molecule has 0 aliphatic rings. The molecule has 21 heavy (non-hydrogen) atoms. The average Bonchev–Trinajstić information content (AvgIpc) is 2.43. The second kappa shape index (κ2) is 6.02. The number of nitrogens with zero attached hydrogens (tertiary/aromatic N) is 1. The molecule has 0 aromatic heterocycles. The number of sulfonamides is 1. The standard InChI is InChI=1S/C13H12ClN3O3S/c14-10-1-6-13(18)9(7-10)8-16-17-21(19,20)12-4-2-11(15)3-5-12/h1-8,17-18H,15H2/b16-8-. The molecule has 2 aromatic rings. The van der Waals surface area contributed by atoms with Crippen molar-refractivity contribution in [2.45, 2.75) is 4.90 Å². The Morgan fingerprint density at radius 1 is 1.19 bits per heavy atom. The zero-order valence-electron chi connectivity index (χ0n) is 10.7. The maximum absolute atomic E-state index is 11.9. The molecular weight excluding hydrogens is 314 g/mol. The first-order valence-corrected chi connectivity index (χ1v) is 7.63. The third kappa shape index (κ3) is 3.87. The first-order chi connectivity index (χ1) is 9.88. The van der Waals surface area contributed by atoms with Crippen molar-refractivity contribution in [1.82, 2.24) is 4.83 Å². The Hall–Kier alpha value is -2.25. The Morgan fingerprint density at radius 3 is 2.52 bits per heavy atom. The molecule has 6 nitrogen and oxygen atoms in total. The lowest BCUT2D eigenvalue weighted by Gasteiger charge is -2.04. The number of rotatable bonds is 4. The third-order valence-corrected chi connectivity index (χ3v) is 4.03. The van der Waals surface area contributed by atoms with Crippen LogP contribution in [0.2, 0.25) is 5.02 Å². The Balaban J connectivity index is 2.16. The summed E-state index contributed by atoms with van der Waals surface area (Å²) in [7, 11) is -3.79. The van der Waals surface area contributed by atoms with Gasteiger partial charge >= 0.3 is 0 Å². The molecule has 0 unspecified atom stereocenters. The van der Waals surface area contributed by atoms with Crippen molar-refractivity contribution in [3.05, 3.63) is 53.1 Å². The molecule has 0 heterocycles. The lowest BCUT2D eigenvalue weighted by molar-refractivity contribution is 0.474. The molecule has 110 valence electrons. The van der Waals surface area contributed by atoms with Crippen LogP contribution in [0.5, 0.6) is 5.75 Å². The summed E-state index contributed by atoms with van der Waals surface area (Å²) in [6.07, 6.45) is 1.16. The maximum atomic E-state index is 11.9. The molecule has 0 atom stereocenters. The Labute approximate surface area is 126 Å². The van der Waals surface area contributed by atoms with Crippen LogP contribution in [-0.4, -0.2) is 19.7 Å². The van der Waals surface area contributed by atoms with Gasteiger partial charge in [-0.2, -0.15) is 13.5 Å². The molecule has 0 saturated heterocycles. The van der Waals surface area contributed by atoms with E-state index in [4.69, 9.17) is 17.3 Å². The number of halogens is 1. The molecule has 2 aromatic carbocycles. The minimum atomic E-state index is -3.79. The number of nitrogen functional groups attached to an aromatic ring is 1. The van der Waals surface area contributed by atoms with Gasteiger partial charge in [-0.1, -0.05) is 11.6 Å². The fourth-order valence-corrected chi connectivity index (χ4v) is 2.47. The van der Waals surface area contributed by atoms with E-state index in [0.717, 1.165) is 6.21 Å². The molecular formula is C13H12ClN3O3S. The zero-order chi connectivity index (χ0) is 15.5. The predicted molar refractivity (Wildman–Crippen MR) is 81.9 cm³/mol. The van der Waals surface area contributed by atoms with Gasteiger partial charge in [-0.05, 0) is 42.5 Å². The minimum absolute atomic E-state index is 0.0316. The van der Waals surface area contributed by atoms with Crippen LogP contribution in [-0.2, 0) is 10.0 Å². The summed E-state index contributed by atoms with van der Waals surface area (Å²) >= 11 is 5.77. The van der Waals surface area contributed by atoms with Crippen LogP contribution < -0.4 is 10.6 Å². The number of hydrogen-bond donors (Lipinski definition) is 3. The Bertz CT molecular complexity index is 774. The molecule has 0 aliphatic heterocycles. The van der Waals surface area contributed by atoms with Gasteiger partial charge in [-0.25, -0.2) is 4.83 Å². The summed E-state index contributed by atoms with van der Waals surface area (Å²) in [5.74, 6) is -0.0603. The summed E-state index contributed by atoms with van der Waals surface area (Å²) in [5, 5.41) is 13.6. The van der Waals surface area contributed by atoms with Crippen molar-refractivity contribution < 1.29 is 13.5 Å². The second-order valence-electron chi connectivity index (χ2n) is 4.13. The molecule has 0 aliphatic carbocycles. The van der Waals surface area contributed by atoms with Crippen LogP contribution in [0.3, 0.4) is 0 Å². The lowest BCUT2D eigenvalue weighted by atomic mass is 10.2. The average molecular weight is 326 g/mol. The lowest BCUT2D eigenvalue weighted by Crippen LogP contribution is -2.18. The predicted octanol–water partition coefficient (Wildman–Crippen LogP) is 1.94. The van der Waals surface area contributed by atoms with Crippen LogP contribution in [0, 0.1) is 0 Å². The van der Waals surface area contributed by atoms with Crippen LogP contribution in [0.15, 0.2) is 52.5 Å². The minimum Gasteiger partial charge on any atom is -0.507 e. The van der Waals surface area contributed by atoms with Gasteiger partial charge in [-0.15, -0.1) is 0 Å². The van der Waals surface area contributed by atoms with Crippen molar-refractivity contribution in [2.75, 3.05) is 5.73 Å². The van der Waals surface area contributed by atoms with Crippen molar-refractivity contribution in [3.63, 3.8) is 0 Å². The second-order valence-corrected chi connectivity index (χ2v) is 6.22. The van der Waals surface area contributed by atoms with E-state index in [1.807, 2.05) is 4.83 Å². The SMILES string of the molecule is Nc1ccc(S(=O)(=O)N/N=C\c2cc(Cl)ccc2O)cc1. The van der Waals surface area contributed by atoms with Crippen LogP contribution in [0.1, 0.15) is 5.56 Å². The summed E-state index contributed by atoms with van der Waals surface area (Å²) in [4.78, 5) is 2.07. The highest BCUT2D eigenvalue weighted by Crippen LogP contribution is 2.19. The summed E-state index contributed by atoms with van der Waals surface area (Å²) in [5.41, 5.74) is 6.25. The topological polar surface area (TPSA) is 105 Å². The molecule has 4 N–H and O–H groups in total. The van der Waals surface area contributed by atoms with Gasteiger partial charge in [-0.3, -0.25) is 0 Å². The first kappa shape index (κ1) is 15.1. The van der Waals surface area contributed by atoms with E-state index in [1.54, 1.807) is 0 Å². The molecule has 0 radical (unpaired) electrons. The molecule has 0 fully saturated rings.